The summed E-state index contributed by atoms with van der Waals surface area (Å²) >= 11 is 0. The van der Waals surface area contributed by atoms with Gasteiger partial charge in [0.15, 0.2) is 0 Å². The summed E-state index contributed by atoms with van der Waals surface area (Å²) in [6.07, 6.45) is 9.75. The normalized spacial score (nSPS) is 23.1. The van der Waals surface area contributed by atoms with E-state index in [1.54, 1.807) is 0 Å². The second kappa shape index (κ2) is 6.36. The molecule has 0 bridgehead atoms. The SMILES string of the molecule is NCCCC1CCC(c2cccc3cccnc23)CC1. The molecule has 3 rings (SSSR count). The molecule has 0 aliphatic heterocycles. The molecule has 1 aliphatic carbocycles. The molecule has 0 radical (unpaired) electrons. The zero-order chi connectivity index (χ0) is 13.8. The topological polar surface area (TPSA) is 38.9 Å². The van der Waals surface area contributed by atoms with Crippen molar-refractivity contribution < 1.29 is 0 Å². The average molecular weight is 268 g/mol. The van der Waals surface area contributed by atoms with Crippen LogP contribution < -0.4 is 5.73 Å². The lowest BCUT2D eigenvalue weighted by Crippen LogP contribution is -2.15. The summed E-state index contributed by atoms with van der Waals surface area (Å²) in [5.74, 6) is 1.60. The van der Waals surface area contributed by atoms with Crippen molar-refractivity contribution >= 4 is 10.9 Å². The van der Waals surface area contributed by atoms with Crippen molar-refractivity contribution in [1.82, 2.24) is 4.98 Å². The van der Waals surface area contributed by atoms with E-state index in [1.807, 2.05) is 12.3 Å². The summed E-state index contributed by atoms with van der Waals surface area (Å²) in [5.41, 5.74) is 8.29. The standard InChI is InChI=1S/C18H24N2/c19-12-2-4-14-8-10-15(11-9-14)17-7-1-5-16-6-3-13-20-18(16)17/h1,3,5-7,13-15H,2,4,8-12,19H2. The minimum absolute atomic E-state index is 0.697. The molecular formula is C18H24N2. The number of fused-ring (bicyclic) bond motifs is 1. The number of benzene rings is 1. The van der Waals surface area contributed by atoms with Gasteiger partial charge in [-0.25, -0.2) is 0 Å². The summed E-state index contributed by atoms with van der Waals surface area (Å²) < 4.78 is 0. The maximum atomic E-state index is 5.62. The molecule has 0 unspecified atom stereocenters. The summed E-state index contributed by atoms with van der Waals surface area (Å²) in [4.78, 5) is 4.61. The van der Waals surface area contributed by atoms with Crippen molar-refractivity contribution in [3.8, 4) is 0 Å². The molecule has 0 spiro atoms. The van der Waals surface area contributed by atoms with E-state index in [9.17, 15) is 0 Å². The van der Waals surface area contributed by atoms with Gasteiger partial charge in [0.2, 0.25) is 0 Å². The Labute approximate surface area is 121 Å². The van der Waals surface area contributed by atoms with Gasteiger partial charge in [0.05, 0.1) is 5.52 Å². The third-order valence-electron chi connectivity index (χ3n) is 4.77. The maximum absolute atomic E-state index is 5.62. The third kappa shape index (κ3) is 2.85. The average Bonchev–Trinajstić information content (AvgIpc) is 2.53. The third-order valence-corrected chi connectivity index (χ3v) is 4.77. The summed E-state index contributed by atoms with van der Waals surface area (Å²) in [5, 5.41) is 1.27. The number of para-hydroxylation sites is 1. The van der Waals surface area contributed by atoms with Gasteiger partial charge in [-0.15, -0.1) is 0 Å². The van der Waals surface area contributed by atoms with E-state index in [1.165, 1.54) is 55.0 Å². The Bertz CT molecular complexity index is 551. The minimum atomic E-state index is 0.697. The van der Waals surface area contributed by atoms with Crippen LogP contribution in [-0.2, 0) is 0 Å². The maximum Gasteiger partial charge on any atom is 0.0736 e. The van der Waals surface area contributed by atoms with Gasteiger partial charge in [0.1, 0.15) is 0 Å². The van der Waals surface area contributed by atoms with Crippen LogP contribution in [-0.4, -0.2) is 11.5 Å². The number of hydrogen-bond donors (Lipinski definition) is 1. The van der Waals surface area contributed by atoms with Crippen LogP contribution in [0, 0.1) is 5.92 Å². The van der Waals surface area contributed by atoms with Gasteiger partial charge < -0.3 is 5.73 Å². The highest BCUT2D eigenvalue weighted by Crippen LogP contribution is 2.39. The summed E-state index contributed by atoms with van der Waals surface area (Å²) in [6.45, 7) is 0.840. The molecule has 1 fully saturated rings. The molecule has 2 heteroatoms. The van der Waals surface area contributed by atoms with Crippen LogP contribution in [0.1, 0.15) is 50.0 Å². The Kier molecular flexibility index (Phi) is 4.31. The minimum Gasteiger partial charge on any atom is -0.330 e. The van der Waals surface area contributed by atoms with Crippen molar-refractivity contribution in [2.45, 2.75) is 44.4 Å². The number of nitrogens with zero attached hydrogens (tertiary/aromatic N) is 1. The molecule has 1 aliphatic rings. The molecule has 0 amide bonds. The van der Waals surface area contributed by atoms with Gasteiger partial charge in [-0.1, -0.05) is 24.3 Å². The highest BCUT2D eigenvalue weighted by atomic mass is 14.7. The second-order valence-corrected chi connectivity index (χ2v) is 6.07. The molecule has 106 valence electrons. The van der Waals surface area contributed by atoms with E-state index in [2.05, 4.69) is 29.2 Å². The number of pyridine rings is 1. The van der Waals surface area contributed by atoms with E-state index in [0.29, 0.717) is 5.92 Å². The number of nitrogens with two attached hydrogens (primary N) is 1. The van der Waals surface area contributed by atoms with Crippen molar-refractivity contribution in [2.24, 2.45) is 11.7 Å². The van der Waals surface area contributed by atoms with E-state index in [-0.39, 0.29) is 0 Å². The zero-order valence-electron chi connectivity index (χ0n) is 12.1. The van der Waals surface area contributed by atoms with Crippen LogP contribution in [0.5, 0.6) is 0 Å². The predicted molar refractivity (Wildman–Crippen MR) is 84.7 cm³/mol. The van der Waals surface area contributed by atoms with Gasteiger partial charge in [-0.05, 0) is 68.5 Å². The van der Waals surface area contributed by atoms with Crippen LogP contribution in [0.25, 0.3) is 10.9 Å². The fraction of sp³-hybridized carbons (Fsp3) is 0.500. The molecule has 20 heavy (non-hydrogen) atoms. The lowest BCUT2D eigenvalue weighted by atomic mass is 9.77. The molecule has 2 N–H and O–H groups in total. The Morgan fingerprint density at radius 3 is 2.65 bits per heavy atom. The molecule has 1 heterocycles. The molecular weight excluding hydrogens is 244 g/mol. The largest absolute Gasteiger partial charge is 0.330 e. The van der Waals surface area contributed by atoms with Gasteiger partial charge in [-0.2, -0.15) is 0 Å². The van der Waals surface area contributed by atoms with E-state index < -0.39 is 0 Å². The van der Waals surface area contributed by atoms with Crippen LogP contribution >= 0.6 is 0 Å². The van der Waals surface area contributed by atoms with E-state index in [0.717, 1.165) is 12.5 Å². The number of hydrogen-bond acceptors (Lipinski definition) is 2. The molecule has 1 saturated carbocycles. The highest BCUT2D eigenvalue weighted by molar-refractivity contribution is 5.82. The Morgan fingerprint density at radius 2 is 1.85 bits per heavy atom. The molecule has 0 atom stereocenters. The lowest BCUT2D eigenvalue weighted by molar-refractivity contribution is 0.307. The van der Waals surface area contributed by atoms with Crippen LogP contribution in [0.4, 0.5) is 0 Å². The van der Waals surface area contributed by atoms with Crippen LogP contribution in [0.3, 0.4) is 0 Å². The first-order valence-corrected chi connectivity index (χ1v) is 7.92. The first-order valence-electron chi connectivity index (χ1n) is 7.92. The highest BCUT2D eigenvalue weighted by Gasteiger charge is 2.23. The van der Waals surface area contributed by atoms with Gasteiger partial charge in [0, 0.05) is 11.6 Å². The summed E-state index contributed by atoms with van der Waals surface area (Å²) in [7, 11) is 0. The molecule has 2 nitrogen and oxygen atoms in total. The monoisotopic (exact) mass is 268 g/mol. The zero-order valence-corrected chi connectivity index (χ0v) is 12.1. The van der Waals surface area contributed by atoms with Crippen LogP contribution in [0.2, 0.25) is 0 Å². The second-order valence-electron chi connectivity index (χ2n) is 6.07. The van der Waals surface area contributed by atoms with Crippen molar-refractivity contribution in [3.63, 3.8) is 0 Å². The molecule has 1 aromatic carbocycles. The molecule has 0 saturated heterocycles. The van der Waals surface area contributed by atoms with E-state index >= 15 is 0 Å². The predicted octanol–water partition coefficient (Wildman–Crippen LogP) is 4.25. The first-order chi connectivity index (χ1) is 9.88. The quantitative estimate of drug-likeness (QED) is 0.900. The van der Waals surface area contributed by atoms with Gasteiger partial charge in [-0.3, -0.25) is 4.98 Å². The fourth-order valence-electron chi connectivity index (χ4n) is 3.63. The number of aromatic nitrogens is 1. The fourth-order valence-corrected chi connectivity index (χ4v) is 3.63. The van der Waals surface area contributed by atoms with Crippen molar-refractivity contribution in [2.75, 3.05) is 6.54 Å². The molecule has 1 aromatic heterocycles. The Balaban J connectivity index is 1.74. The van der Waals surface area contributed by atoms with Gasteiger partial charge in [0.25, 0.3) is 0 Å². The van der Waals surface area contributed by atoms with Gasteiger partial charge >= 0.3 is 0 Å². The Hall–Kier alpha value is -1.41. The number of rotatable bonds is 4. The van der Waals surface area contributed by atoms with Crippen LogP contribution in [0.15, 0.2) is 36.5 Å². The smallest absolute Gasteiger partial charge is 0.0736 e. The summed E-state index contributed by atoms with van der Waals surface area (Å²) in [6, 6.07) is 10.8. The first kappa shape index (κ1) is 13.6. The lowest BCUT2D eigenvalue weighted by Gasteiger charge is -2.29. The van der Waals surface area contributed by atoms with Crippen molar-refractivity contribution in [1.29, 1.82) is 0 Å². The Morgan fingerprint density at radius 1 is 1.05 bits per heavy atom. The van der Waals surface area contributed by atoms with E-state index in [4.69, 9.17) is 5.73 Å². The van der Waals surface area contributed by atoms with Crippen molar-refractivity contribution in [3.05, 3.63) is 42.1 Å². The molecule has 2 aromatic rings.